The van der Waals surface area contributed by atoms with E-state index in [2.05, 4.69) is 19.9 Å². The Kier molecular flexibility index (Phi) is 8.66. The fourth-order valence-corrected chi connectivity index (χ4v) is 7.96. The Morgan fingerprint density at radius 1 is 0.938 bits per heavy atom. The summed E-state index contributed by atoms with van der Waals surface area (Å²) in [5.41, 5.74) is 4.65. The lowest BCUT2D eigenvalue weighted by atomic mass is 10.1. The smallest absolute Gasteiger partial charge is 0.382 e. The number of hydrogen-bond donors (Lipinski definition) is 4. The highest BCUT2D eigenvalue weighted by Crippen LogP contribution is 2.54. The van der Waals surface area contributed by atoms with Crippen LogP contribution in [0.25, 0.3) is 22.3 Å². The number of phosphoric ester groups is 1. The molecule has 48 heavy (non-hydrogen) atoms. The number of H-pyrrole nitrogens is 1. The number of benzene rings is 1. The number of fused-ring (bicyclic) bond motifs is 4. The van der Waals surface area contributed by atoms with Gasteiger partial charge < -0.3 is 29.5 Å². The molecule has 4 aromatic rings. The van der Waals surface area contributed by atoms with Crippen LogP contribution < -0.4 is 17.0 Å². The zero-order valence-electron chi connectivity index (χ0n) is 24.1. The Morgan fingerprint density at radius 3 is 2.44 bits per heavy atom. The first-order valence-electron chi connectivity index (χ1n) is 14.1. The number of aromatic amines is 1. The van der Waals surface area contributed by atoms with Crippen molar-refractivity contribution in [1.82, 2.24) is 29.1 Å². The van der Waals surface area contributed by atoms with Gasteiger partial charge in [-0.1, -0.05) is 30.3 Å². The number of ether oxygens (including phenoxy) is 2. The summed E-state index contributed by atoms with van der Waals surface area (Å²) in [5.74, 6) is -0.00155. The van der Waals surface area contributed by atoms with Gasteiger partial charge in [0.15, 0.2) is 36.3 Å². The van der Waals surface area contributed by atoms with E-state index in [1.54, 1.807) is 30.3 Å². The van der Waals surface area contributed by atoms with Crippen LogP contribution in [-0.2, 0) is 43.9 Å². The number of phosphoric acid groups is 1. The second-order valence-corrected chi connectivity index (χ2v) is 15.0. The highest BCUT2D eigenvalue weighted by molar-refractivity contribution is 8.07. The highest BCUT2D eigenvalue weighted by Gasteiger charge is 2.54. The van der Waals surface area contributed by atoms with Gasteiger partial charge in [0, 0.05) is 6.20 Å². The predicted molar refractivity (Wildman–Crippen MR) is 162 cm³/mol. The lowest BCUT2D eigenvalue weighted by molar-refractivity contribution is -0.0652. The maximum absolute atomic E-state index is 16.1. The lowest BCUT2D eigenvalue weighted by Crippen LogP contribution is -2.37. The van der Waals surface area contributed by atoms with Crippen molar-refractivity contribution in [3.63, 3.8) is 0 Å². The minimum Gasteiger partial charge on any atom is -0.382 e. The number of anilines is 1. The van der Waals surface area contributed by atoms with Crippen LogP contribution in [0.2, 0.25) is 0 Å². The first-order chi connectivity index (χ1) is 22.8. The molecule has 3 aliphatic heterocycles. The van der Waals surface area contributed by atoms with Crippen LogP contribution in [0.3, 0.4) is 0 Å². The van der Waals surface area contributed by atoms with Crippen LogP contribution in [0.4, 0.5) is 14.6 Å². The van der Waals surface area contributed by atoms with E-state index < -0.39 is 88.2 Å². The quantitative estimate of drug-likeness (QED) is 0.217. The number of imidazole rings is 1. The second kappa shape index (κ2) is 12.5. The zero-order valence-corrected chi connectivity index (χ0v) is 26.7. The number of hydrogen-bond acceptors (Lipinski definition) is 14. The molecule has 3 saturated heterocycles. The van der Waals surface area contributed by atoms with Crippen molar-refractivity contribution in [3.8, 4) is 11.1 Å². The van der Waals surface area contributed by atoms with E-state index in [4.69, 9.17) is 45.1 Å². The fraction of sp³-hybridized carbons (Fsp3) is 0.400. The van der Waals surface area contributed by atoms with E-state index in [0.29, 0.717) is 5.56 Å². The van der Waals surface area contributed by atoms with Gasteiger partial charge in [-0.15, -0.1) is 0 Å². The molecule has 6 heterocycles. The summed E-state index contributed by atoms with van der Waals surface area (Å²) in [6.07, 6.45) is -11.3. The summed E-state index contributed by atoms with van der Waals surface area (Å²) in [7, 11) is -5.21. The first-order valence-corrected chi connectivity index (χ1v) is 18.1. The lowest BCUT2D eigenvalue weighted by Gasteiger charge is -2.26. The van der Waals surface area contributed by atoms with Gasteiger partial charge in [0.2, 0.25) is 0 Å². The molecule has 256 valence electrons. The maximum atomic E-state index is 16.1. The molecule has 18 nitrogen and oxygen atoms in total. The molecule has 3 aromatic heterocycles. The van der Waals surface area contributed by atoms with Crippen molar-refractivity contribution < 1.29 is 50.7 Å². The molecule has 0 amide bonds. The van der Waals surface area contributed by atoms with Crippen molar-refractivity contribution in [3.05, 3.63) is 70.0 Å². The molecule has 0 spiro atoms. The standard InChI is InChI=1S/C25H25F2N7O11P2S/c26-15-13-7-41-47(39,48)45-18-14(43-23(16(18)27)33-6-12(22(35)32-25(33)36)11-4-2-1-3-5-11)8-40-46(37,38)44-19(15)24(42-13)34-10-31-17-20(28)29-9-30-21(17)34/h1-6,9-10,13-16,18-19,23-24H,7-8H2,(H,37,38)(H,39,48)(H2,28,29,30)(H,32,35,36)/t13-,14-,15-,16-,18-,19-,23-,24-,47?/m1/s1. The molecule has 0 radical (unpaired) electrons. The Morgan fingerprint density at radius 2 is 1.67 bits per heavy atom. The van der Waals surface area contributed by atoms with Crippen molar-refractivity contribution in [2.45, 2.75) is 49.2 Å². The van der Waals surface area contributed by atoms with E-state index in [1.165, 1.54) is 10.9 Å². The Bertz CT molecular complexity index is 2070. The van der Waals surface area contributed by atoms with Gasteiger partial charge in [-0.3, -0.25) is 32.5 Å². The first kappa shape index (κ1) is 33.2. The largest absolute Gasteiger partial charge is 0.472 e. The van der Waals surface area contributed by atoms with E-state index in [1.807, 2.05) is 0 Å². The SMILES string of the molecule is Nc1ncnc2c1ncn2[C@@H]1O[C@@H]2COP(O)(=S)O[C@H]3[C@@H](F)[C@H](n4cc(-c5ccccc5)c(=O)[nH]c4=O)O[C@@H]3COP(=O)(O)O[C@@H]1[C@@H]2F. The topological polar surface area (TPSA) is 237 Å². The second-order valence-electron chi connectivity index (χ2n) is 10.8. The molecule has 1 aromatic carbocycles. The van der Waals surface area contributed by atoms with E-state index in [0.717, 1.165) is 17.1 Å². The van der Waals surface area contributed by atoms with Gasteiger partial charge in [0.25, 0.3) is 5.56 Å². The third kappa shape index (κ3) is 6.16. The Hall–Kier alpha value is -3.33. The number of alkyl halides is 2. The monoisotopic (exact) mass is 731 g/mol. The third-order valence-electron chi connectivity index (χ3n) is 7.83. The summed E-state index contributed by atoms with van der Waals surface area (Å²) in [4.78, 5) is 61.1. The molecule has 3 fully saturated rings. The van der Waals surface area contributed by atoms with Gasteiger partial charge in [-0.25, -0.2) is 33.1 Å². The van der Waals surface area contributed by atoms with Gasteiger partial charge >= 0.3 is 20.2 Å². The predicted octanol–water partition coefficient (Wildman–Crippen LogP) is 1.23. The average Bonchev–Trinajstić information content (AvgIpc) is 3.70. The zero-order chi connectivity index (χ0) is 34.0. The third-order valence-corrected chi connectivity index (χ3v) is 10.4. The molecule has 2 bridgehead atoms. The molecular weight excluding hydrogens is 706 g/mol. The van der Waals surface area contributed by atoms with E-state index in [-0.39, 0.29) is 22.5 Å². The summed E-state index contributed by atoms with van der Waals surface area (Å²) in [6, 6.07) is 8.19. The van der Waals surface area contributed by atoms with Crippen molar-refractivity contribution in [2.75, 3.05) is 18.9 Å². The minimum atomic E-state index is -5.21. The molecule has 5 N–H and O–H groups in total. The number of nitrogen functional groups attached to an aromatic ring is 1. The van der Waals surface area contributed by atoms with Gasteiger partial charge in [0.1, 0.15) is 36.3 Å². The molecule has 10 atom stereocenters. The summed E-state index contributed by atoms with van der Waals surface area (Å²) in [5, 5.41) is 0. The highest BCUT2D eigenvalue weighted by atomic mass is 32.5. The number of nitrogens with two attached hydrogens (primary N) is 1. The molecule has 0 saturated carbocycles. The molecule has 3 aliphatic rings. The van der Waals surface area contributed by atoms with E-state index >= 15 is 8.78 Å². The van der Waals surface area contributed by atoms with Gasteiger partial charge in [-0.2, -0.15) is 0 Å². The van der Waals surface area contributed by atoms with Crippen LogP contribution in [0.1, 0.15) is 12.5 Å². The van der Waals surface area contributed by atoms with Crippen LogP contribution in [-0.4, -0.2) is 88.8 Å². The maximum Gasteiger partial charge on any atom is 0.472 e. The minimum absolute atomic E-state index is 0.000182. The number of rotatable bonds is 3. The summed E-state index contributed by atoms with van der Waals surface area (Å²) >= 11 is 5.09. The average molecular weight is 732 g/mol. The molecule has 0 aliphatic carbocycles. The molecular formula is C25H25F2N7O11P2S. The van der Waals surface area contributed by atoms with Crippen molar-refractivity contribution >= 4 is 43.3 Å². The van der Waals surface area contributed by atoms with Crippen LogP contribution in [0.15, 0.2) is 58.8 Å². The van der Waals surface area contributed by atoms with E-state index in [9.17, 15) is 23.9 Å². The number of nitrogens with one attached hydrogen (secondary N) is 1. The van der Waals surface area contributed by atoms with Crippen LogP contribution >= 0.6 is 14.5 Å². The summed E-state index contributed by atoms with van der Waals surface area (Å²) in [6.45, 7) is -6.15. The number of aromatic nitrogens is 6. The number of nitrogens with zero attached hydrogens (tertiary/aromatic N) is 5. The Labute approximate surface area is 272 Å². The van der Waals surface area contributed by atoms with Crippen LogP contribution in [0.5, 0.6) is 0 Å². The number of halogens is 2. The van der Waals surface area contributed by atoms with Gasteiger partial charge in [-0.05, 0) is 17.4 Å². The Balaban J connectivity index is 1.20. The van der Waals surface area contributed by atoms with Crippen molar-refractivity contribution in [2.24, 2.45) is 0 Å². The molecule has 7 rings (SSSR count). The molecule has 2 unspecified atom stereocenters. The van der Waals surface area contributed by atoms with Crippen molar-refractivity contribution in [1.29, 1.82) is 0 Å². The van der Waals surface area contributed by atoms with Gasteiger partial charge in [0.05, 0.1) is 25.1 Å². The summed E-state index contributed by atoms with van der Waals surface area (Å²) < 4.78 is 79.7. The fourth-order valence-electron chi connectivity index (χ4n) is 5.60. The van der Waals surface area contributed by atoms with Crippen LogP contribution in [0, 0.1) is 0 Å². The molecule has 23 heteroatoms. The normalized spacial score (nSPS) is 35.8.